The molecule has 0 atom stereocenters. The molecule has 8 nitrogen and oxygen atoms in total. The summed E-state index contributed by atoms with van der Waals surface area (Å²) in [6.45, 7) is 0. The van der Waals surface area contributed by atoms with Crippen LogP contribution in [-0.2, 0) is 10.1 Å². The molecule has 2 amide bonds. The predicted octanol–water partition coefficient (Wildman–Crippen LogP) is 5.27. The number of hydrogen-bond donors (Lipinski definition) is 2. The molecule has 0 spiro atoms. The lowest BCUT2D eigenvalue weighted by Crippen LogP contribution is -2.34. The second-order valence-electron chi connectivity index (χ2n) is 8.37. The molecule has 0 bridgehead atoms. The van der Waals surface area contributed by atoms with Crippen LogP contribution < -0.4 is 10.1 Å². The zero-order valence-corrected chi connectivity index (χ0v) is 21.3. The van der Waals surface area contributed by atoms with Crippen LogP contribution >= 0.6 is 0 Å². The number of hydrogen-bond acceptors (Lipinski definition) is 6. The van der Waals surface area contributed by atoms with Gasteiger partial charge in [0.15, 0.2) is 51.4 Å². The lowest BCUT2D eigenvalue weighted by molar-refractivity contribution is 0.0717. The predicted molar refractivity (Wildman–Crippen MR) is 123 cm³/mol. The molecule has 0 radical (unpaired) electrons. The molecule has 4 aromatic rings. The van der Waals surface area contributed by atoms with E-state index >= 15 is 0 Å². The number of carbonyl (C=O) groups is 3. The number of rotatable bonds is 3. The summed E-state index contributed by atoms with van der Waals surface area (Å²) < 4.78 is 163. The minimum atomic E-state index is -5.52. The molecule has 1 aliphatic rings. The summed E-state index contributed by atoms with van der Waals surface area (Å²) in [5, 5.41) is 2.61. The van der Waals surface area contributed by atoms with Gasteiger partial charge >= 0.3 is 16.1 Å². The molecule has 0 saturated carbocycles. The Morgan fingerprint density at radius 3 is 1.61 bits per heavy atom. The van der Waals surface area contributed by atoms with Gasteiger partial charge in [0.05, 0.1) is 5.56 Å². The van der Waals surface area contributed by atoms with Crippen molar-refractivity contribution >= 4 is 38.7 Å². The Hall–Kier alpha value is -5.04. The smallest absolute Gasteiger partial charge is 0.349 e. The third-order valence-electron chi connectivity index (χ3n) is 5.72. The monoisotopic (exact) mass is 655 g/mol. The van der Waals surface area contributed by atoms with Crippen molar-refractivity contribution in [3.05, 3.63) is 105 Å². The van der Waals surface area contributed by atoms with Crippen LogP contribution in [0.5, 0.6) is 5.75 Å². The maximum absolute atomic E-state index is 13.8. The second-order valence-corrected chi connectivity index (χ2v) is 9.72. The standard InChI is InChI=1S/C19H6F5NO4.C6HF5O3S/c20-12-11(13(21)15(23)16(24)14(12)22)19(28)29-7-4-6-2-1-3-8-10(6)9(5-7)18(27)25-17(8)26;7-1-2(8)4(10)6(15(12,13)14)5(11)3(1)9/h1-5H,(H,25,26,27);(H,12,13,14). The van der Waals surface area contributed by atoms with Gasteiger partial charge in [0, 0.05) is 10.9 Å². The normalized spacial score (nSPS) is 12.5. The second kappa shape index (κ2) is 11.2. The molecule has 0 aliphatic carbocycles. The molecular weight excluding hydrogens is 648 g/mol. The minimum absolute atomic E-state index is 0.0714. The molecule has 0 fully saturated rings. The van der Waals surface area contributed by atoms with E-state index in [0.29, 0.717) is 0 Å². The summed E-state index contributed by atoms with van der Waals surface area (Å²) >= 11 is 0. The molecule has 1 heterocycles. The van der Waals surface area contributed by atoms with E-state index in [1.807, 2.05) is 0 Å². The van der Waals surface area contributed by atoms with Crippen LogP contribution in [0.15, 0.2) is 35.2 Å². The Labute approximate surface area is 236 Å². The molecule has 44 heavy (non-hydrogen) atoms. The lowest BCUT2D eigenvalue weighted by atomic mass is 9.95. The summed E-state index contributed by atoms with van der Waals surface area (Å²) in [6, 6.07) is 6.60. The van der Waals surface area contributed by atoms with Gasteiger partial charge in [-0.05, 0) is 23.6 Å². The molecule has 230 valence electrons. The van der Waals surface area contributed by atoms with Crippen LogP contribution in [0.2, 0.25) is 0 Å². The van der Waals surface area contributed by atoms with Gasteiger partial charge < -0.3 is 4.74 Å². The number of halogens is 10. The number of imide groups is 1. The maximum Gasteiger partial charge on any atom is 0.349 e. The molecule has 19 heteroatoms. The van der Waals surface area contributed by atoms with Crippen LogP contribution in [0.3, 0.4) is 0 Å². The fourth-order valence-corrected chi connectivity index (χ4v) is 4.45. The van der Waals surface area contributed by atoms with E-state index in [1.165, 1.54) is 24.3 Å². The molecule has 0 aromatic heterocycles. The number of ether oxygens (including phenoxy) is 1. The SMILES string of the molecule is O=C(Oc1cc2c3c(cccc3c1)C(=O)NC2=O)c1c(F)c(F)c(F)c(F)c1F.O=S(=O)(O)c1c(F)c(F)c(F)c(F)c1F. The van der Waals surface area contributed by atoms with Crippen LogP contribution in [0.1, 0.15) is 31.1 Å². The number of nitrogens with one attached hydrogen (secondary N) is 1. The molecule has 1 aliphatic heterocycles. The third kappa shape index (κ3) is 5.30. The maximum atomic E-state index is 13.8. The Kier molecular flexibility index (Phi) is 8.14. The zero-order valence-electron chi connectivity index (χ0n) is 20.5. The first-order valence-corrected chi connectivity index (χ1v) is 12.5. The van der Waals surface area contributed by atoms with Gasteiger partial charge in [-0.1, -0.05) is 12.1 Å². The highest BCUT2D eigenvalue weighted by atomic mass is 32.2. The topological polar surface area (TPSA) is 127 Å². The summed E-state index contributed by atoms with van der Waals surface area (Å²) in [6.07, 6.45) is 0. The van der Waals surface area contributed by atoms with E-state index in [-0.39, 0.29) is 21.9 Å². The van der Waals surface area contributed by atoms with Gasteiger partial charge in [0.25, 0.3) is 11.8 Å². The Morgan fingerprint density at radius 1 is 0.659 bits per heavy atom. The molecule has 0 unspecified atom stereocenters. The fraction of sp³-hybridized carbons (Fsp3) is 0. The van der Waals surface area contributed by atoms with Crippen LogP contribution in [0.4, 0.5) is 43.9 Å². The Balaban J connectivity index is 0.000000249. The van der Waals surface area contributed by atoms with Crippen molar-refractivity contribution < 1.29 is 76.0 Å². The molecule has 0 saturated heterocycles. The van der Waals surface area contributed by atoms with Gasteiger partial charge in [0.2, 0.25) is 11.6 Å². The van der Waals surface area contributed by atoms with E-state index in [4.69, 9.17) is 9.29 Å². The van der Waals surface area contributed by atoms with Gasteiger partial charge in [-0.25, -0.2) is 48.7 Å². The number of esters is 1. The highest BCUT2D eigenvalue weighted by Crippen LogP contribution is 2.32. The van der Waals surface area contributed by atoms with Crippen molar-refractivity contribution in [1.29, 1.82) is 0 Å². The summed E-state index contributed by atoms with van der Waals surface area (Å²) in [5.74, 6) is -28.0. The molecular formula is C25H7F10NO7S. The fourth-order valence-electron chi connectivity index (χ4n) is 3.82. The lowest BCUT2D eigenvalue weighted by Gasteiger charge is -2.17. The van der Waals surface area contributed by atoms with Crippen molar-refractivity contribution in [3.63, 3.8) is 0 Å². The minimum Gasteiger partial charge on any atom is -0.423 e. The van der Waals surface area contributed by atoms with Gasteiger partial charge in [-0.15, -0.1) is 0 Å². The van der Waals surface area contributed by atoms with Gasteiger partial charge in [-0.2, -0.15) is 8.42 Å². The van der Waals surface area contributed by atoms with Crippen molar-refractivity contribution in [3.8, 4) is 5.75 Å². The van der Waals surface area contributed by atoms with Crippen molar-refractivity contribution in [2.75, 3.05) is 0 Å². The van der Waals surface area contributed by atoms with E-state index in [9.17, 15) is 66.7 Å². The highest BCUT2D eigenvalue weighted by Gasteiger charge is 2.33. The van der Waals surface area contributed by atoms with Gasteiger partial charge in [0.1, 0.15) is 11.3 Å². The molecule has 4 aromatic carbocycles. The van der Waals surface area contributed by atoms with E-state index in [2.05, 4.69) is 5.32 Å². The average molecular weight is 655 g/mol. The van der Waals surface area contributed by atoms with Crippen LogP contribution in [-0.4, -0.2) is 30.8 Å². The quantitative estimate of drug-likeness (QED) is 0.0586. The molecule has 2 N–H and O–H groups in total. The third-order valence-corrected chi connectivity index (χ3v) is 6.59. The summed E-state index contributed by atoms with van der Waals surface area (Å²) in [4.78, 5) is 33.8. The van der Waals surface area contributed by atoms with Gasteiger partial charge in [-0.3, -0.25) is 19.5 Å². The first-order chi connectivity index (χ1) is 20.4. The van der Waals surface area contributed by atoms with Crippen molar-refractivity contribution in [2.45, 2.75) is 4.90 Å². The van der Waals surface area contributed by atoms with E-state index < -0.39 is 102 Å². The van der Waals surface area contributed by atoms with E-state index in [1.54, 1.807) is 0 Å². The zero-order chi connectivity index (χ0) is 33.0. The molecule has 5 rings (SSSR count). The first-order valence-electron chi connectivity index (χ1n) is 11.0. The number of amides is 2. The van der Waals surface area contributed by atoms with Crippen molar-refractivity contribution in [1.82, 2.24) is 5.32 Å². The van der Waals surface area contributed by atoms with Crippen molar-refractivity contribution in [2.24, 2.45) is 0 Å². The number of benzene rings is 4. The summed E-state index contributed by atoms with van der Waals surface area (Å²) in [5.41, 5.74) is -1.67. The van der Waals surface area contributed by atoms with E-state index in [0.717, 1.165) is 6.07 Å². The largest absolute Gasteiger partial charge is 0.423 e. The summed E-state index contributed by atoms with van der Waals surface area (Å²) in [7, 11) is -5.52. The first kappa shape index (κ1) is 31.9. The van der Waals surface area contributed by atoms with Crippen LogP contribution in [0, 0.1) is 58.2 Å². The average Bonchev–Trinajstić information content (AvgIpc) is 2.95. The highest BCUT2D eigenvalue weighted by molar-refractivity contribution is 7.85. The Bertz CT molecular complexity index is 2010. The Morgan fingerprint density at radius 2 is 1.11 bits per heavy atom. The van der Waals surface area contributed by atoms with Crippen LogP contribution in [0.25, 0.3) is 10.8 Å². The number of carbonyl (C=O) groups excluding carboxylic acids is 3.